The van der Waals surface area contributed by atoms with Crippen LogP contribution in [0, 0.1) is 10.8 Å². The molecule has 1 aromatic carbocycles. The number of imidazole rings is 1. The summed E-state index contributed by atoms with van der Waals surface area (Å²) in [5.41, 5.74) is 5.38. The van der Waals surface area contributed by atoms with E-state index in [0.717, 1.165) is 46.6 Å². The molecule has 2 aliphatic carbocycles. The van der Waals surface area contributed by atoms with Crippen LogP contribution in [0.5, 0.6) is 0 Å². The zero-order valence-corrected chi connectivity index (χ0v) is 18.7. The molecule has 160 valence electrons. The molecular formula is C26H29N3O2. The van der Waals surface area contributed by atoms with Gasteiger partial charge in [-0.05, 0) is 41.4 Å². The third-order valence-corrected chi connectivity index (χ3v) is 6.73. The first-order valence-electron chi connectivity index (χ1n) is 11.0. The lowest BCUT2D eigenvalue weighted by Gasteiger charge is -2.44. The van der Waals surface area contributed by atoms with Gasteiger partial charge < -0.3 is 9.88 Å². The summed E-state index contributed by atoms with van der Waals surface area (Å²) in [5.74, 6) is 0.00357. The number of Topliss-reactive ketones (excluding diaryl/α,β-unsaturated/α-hetero) is 2. The van der Waals surface area contributed by atoms with Crippen molar-refractivity contribution < 1.29 is 9.59 Å². The number of benzene rings is 1. The molecule has 0 saturated carbocycles. The predicted molar refractivity (Wildman–Crippen MR) is 120 cm³/mol. The quantitative estimate of drug-likeness (QED) is 0.762. The van der Waals surface area contributed by atoms with Gasteiger partial charge in [0.1, 0.15) is 0 Å². The fraction of sp³-hybridized carbons (Fsp3) is 0.423. The molecule has 5 heteroatoms. The number of nitrogens with zero attached hydrogens (tertiary/aromatic N) is 2. The second kappa shape index (κ2) is 6.78. The molecule has 0 bridgehead atoms. The van der Waals surface area contributed by atoms with Crippen LogP contribution in [-0.4, -0.2) is 21.1 Å². The van der Waals surface area contributed by atoms with Crippen molar-refractivity contribution in [1.82, 2.24) is 14.9 Å². The van der Waals surface area contributed by atoms with E-state index in [2.05, 4.69) is 44.1 Å². The Morgan fingerprint density at radius 3 is 2.10 bits per heavy atom. The Morgan fingerprint density at radius 1 is 0.935 bits per heavy atom. The second-order valence-corrected chi connectivity index (χ2v) is 10.8. The Morgan fingerprint density at radius 2 is 1.55 bits per heavy atom. The lowest BCUT2D eigenvalue weighted by atomic mass is 9.64. The summed E-state index contributed by atoms with van der Waals surface area (Å²) >= 11 is 0. The summed E-state index contributed by atoms with van der Waals surface area (Å²) in [6.45, 7) is 8.57. The Hall–Kier alpha value is -2.95. The maximum atomic E-state index is 13.4. The minimum Gasteiger partial charge on any atom is -0.362 e. The summed E-state index contributed by atoms with van der Waals surface area (Å²) in [6.07, 6.45) is 8.06. The zero-order valence-electron chi connectivity index (χ0n) is 18.7. The second-order valence-electron chi connectivity index (χ2n) is 10.8. The molecule has 1 aromatic heterocycles. The SMILES string of the molecule is CC1(C)CC(=O)C2=C(C1)NC1=C(C(=O)CC(C)(C)C1)C2c1cccc(-n2ccnc2)c1. The molecular weight excluding hydrogens is 386 g/mol. The molecule has 0 radical (unpaired) electrons. The van der Waals surface area contributed by atoms with Crippen molar-refractivity contribution in [2.45, 2.75) is 59.3 Å². The highest BCUT2D eigenvalue weighted by Gasteiger charge is 2.46. The van der Waals surface area contributed by atoms with Crippen molar-refractivity contribution in [3.63, 3.8) is 0 Å². The fourth-order valence-electron chi connectivity index (χ4n) is 5.50. The van der Waals surface area contributed by atoms with Crippen LogP contribution in [0.25, 0.3) is 5.69 Å². The summed E-state index contributed by atoms with van der Waals surface area (Å²) in [6, 6.07) is 8.16. The Bertz CT molecular complexity index is 1100. The van der Waals surface area contributed by atoms with Crippen LogP contribution in [0.4, 0.5) is 0 Å². The minimum atomic E-state index is -0.304. The maximum Gasteiger partial charge on any atom is 0.162 e. The van der Waals surface area contributed by atoms with Crippen LogP contribution in [0.1, 0.15) is 64.9 Å². The highest BCUT2D eigenvalue weighted by Crippen LogP contribution is 2.51. The number of carbonyl (C=O) groups excluding carboxylic acids is 2. The average molecular weight is 416 g/mol. The number of nitrogens with one attached hydrogen (secondary N) is 1. The number of ketones is 2. The normalized spacial score (nSPS) is 22.8. The molecule has 2 heterocycles. The van der Waals surface area contributed by atoms with Crippen molar-refractivity contribution in [2.24, 2.45) is 10.8 Å². The highest BCUT2D eigenvalue weighted by molar-refractivity contribution is 6.06. The molecule has 31 heavy (non-hydrogen) atoms. The van der Waals surface area contributed by atoms with Gasteiger partial charge in [0.2, 0.25) is 0 Å². The van der Waals surface area contributed by atoms with Crippen molar-refractivity contribution in [3.05, 3.63) is 71.1 Å². The fourth-order valence-corrected chi connectivity index (χ4v) is 5.50. The van der Waals surface area contributed by atoms with E-state index >= 15 is 0 Å². The summed E-state index contributed by atoms with van der Waals surface area (Å²) in [7, 11) is 0. The smallest absolute Gasteiger partial charge is 0.162 e. The molecule has 1 N–H and O–H groups in total. The number of carbonyl (C=O) groups is 2. The number of hydrogen-bond acceptors (Lipinski definition) is 4. The van der Waals surface area contributed by atoms with Gasteiger partial charge in [-0.15, -0.1) is 0 Å². The molecule has 0 saturated heterocycles. The third-order valence-electron chi connectivity index (χ3n) is 6.73. The third kappa shape index (κ3) is 3.46. The molecule has 3 aliphatic rings. The lowest BCUT2D eigenvalue weighted by molar-refractivity contribution is -0.119. The zero-order chi connectivity index (χ0) is 22.0. The average Bonchev–Trinajstić information content (AvgIpc) is 3.19. The van der Waals surface area contributed by atoms with E-state index in [9.17, 15) is 9.59 Å². The number of allylic oxidation sites excluding steroid dienone is 4. The van der Waals surface area contributed by atoms with Crippen molar-refractivity contribution >= 4 is 11.6 Å². The van der Waals surface area contributed by atoms with E-state index < -0.39 is 0 Å². The number of rotatable bonds is 2. The van der Waals surface area contributed by atoms with E-state index in [-0.39, 0.29) is 28.3 Å². The van der Waals surface area contributed by atoms with Crippen molar-refractivity contribution in [2.75, 3.05) is 0 Å². The van der Waals surface area contributed by atoms with E-state index in [1.807, 2.05) is 29.0 Å². The molecule has 5 rings (SSSR count). The monoisotopic (exact) mass is 415 g/mol. The first-order chi connectivity index (χ1) is 14.6. The molecule has 0 unspecified atom stereocenters. The number of aromatic nitrogens is 2. The highest BCUT2D eigenvalue weighted by atomic mass is 16.1. The van der Waals surface area contributed by atoms with Gasteiger partial charge in [0.25, 0.3) is 0 Å². The first kappa shape index (κ1) is 20.0. The molecule has 5 nitrogen and oxygen atoms in total. The van der Waals surface area contributed by atoms with Crippen LogP contribution < -0.4 is 5.32 Å². The number of dihydropyridines is 1. The lowest BCUT2D eigenvalue weighted by Crippen LogP contribution is -2.42. The summed E-state index contributed by atoms with van der Waals surface area (Å²) < 4.78 is 1.95. The van der Waals surface area contributed by atoms with Gasteiger partial charge in [-0.3, -0.25) is 9.59 Å². The van der Waals surface area contributed by atoms with Crippen molar-refractivity contribution in [1.29, 1.82) is 0 Å². The van der Waals surface area contributed by atoms with Crippen LogP contribution >= 0.6 is 0 Å². The molecule has 2 aromatic rings. The summed E-state index contributed by atoms with van der Waals surface area (Å²) in [4.78, 5) is 31.0. The summed E-state index contributed by atoms with van der Waals surface area (Å²) in [5, 5.41) is 3.57. The predicted octanol–water partition coefficient (Wildman–Crippen LogP) is 4.85. The van der Waals surface area contributed by atoms with Gasteiger partial charge in [-0.25, -0.2) is 4.98 Å². The van der Waals surface area contributed by atoms with Gasteiger partial charge in [0.05, 0.1) is 6.33 Å². The van der Waals surface area contributed by atoms with Gasteiger partial charge in [0.15, 0.2) is 11.6 Å². The topological polar surface area (TPSA) is 64.0 Å². The van der Waals surface area contributed by atoms with Crippen LogP contribution in [0.2, 0.25) is 0 Å². The minimum absolute atomic E-state index is 0.0849. The largest absolute Gasteiger partial charge is 0.362 e. The number of hydrogen-bond donors (Lipinski definition) is 1. The van der Waals surface area contributed by atoms with Crippen LogP contribution in [0.15, 0.2) is 65.5 Å². The van der Waals surface area contributed by atoms with E-state index in [0.29, 0.717) is 12.8 Å². The standard InChI is InChI=1S/C26H29N3O2/c1-25(2)11-18-23(20(30)13-25)22(24-19(28-18)12-26(3,4)14-21(24)31)16-6-5-7-17(10-16)29-9-8-27-15-29/h5-10,15,22,28H,11-14H2,1-4H3. The van der Waals surface area contributed by atoms with E-state index in [1.165, 1.54) is 0 Å². The van der Waals surface area contributed by atoms with Crippen molar-refractivity contribution in [3.8, 4) is 5.69 Å². The van der Waals surface area contributed by atoms with Crippen LogP contribution in [-0.2, 0) is 9.59 Å². The molecule has 0 fully saturated rings. The van der Waals surface area contributed by atoms with Crippen LogP contribution in [0.3, 0.4) is 0 Å². The van der Waals surface area contributed by atoms with Gasteiger partial charge in [0, 0.05) is 59.4 Å². The van der Waals surface area contributed by atoms with Gasteiger partial charge in [-0.1, -0.05) is 39.8 Å². The Balaban J connectivity index is 1.69. The Kier molecular flexibility index (Phi) is 4.37. The van der Waals surface area contributed by atoms with E-state index in [1.54, 1.807) is 12.5 Å². The van der Waals surface area contributed by atoms with Gasteiger partial charge >= 0.3 is 0 Å². The van der Waals surface area contributed by atoms with E-state index in [4.69, 9.17) is 0 Å². The molecule has 0 amide bonds. The molecule has 0 spiro atoms. The molecule has 1 aliphatic heterocycles. The molecule has 0 atom stereocenters. The first-order valence-corrected chi connectivity index (χ1v) is 11.0. The van der Waals surface area contributed by atoms with Gasteiger partial charge in [-0.2, -0.15) is 0 Å². The Labute approximate surface area is 183 Å². The maximum absolute atomic E-state index is 13.4.